The van der Waals surface area contributed by atoms with Crippen molar-refractivity contribution in [3.63, 3.8) is 0 Å². The Labute approximate surface area is 227 Å². The molecule has 5 aromatic rings. The number of hydrogen-bond donors (Lipinski definition) is 6. The fraction of sp³-hybridized carbons (Fsp3) is 0.0769. The van der Waals surface area contributed by atoms with Gasteiger partial charge in [0.15, 0.2) is 0 Å². The van der Waals surface area contributed by atoms with Gasteiger partial charge >= 0.3 is 0 Å². The van der Waals surface area contributed by atoms with Gasteiger partial charge in [0.05, 0.1) is 43.2 Å². The van der Waals surface area contributed by atoms with E-state index in [1.54, 1.807) is 42.5 Å². The smallest absolute Gasteiger partial charge is 0.248 e. The zero-order valence-electron chi connectivity index (χ0n) is 20.0. The summed E-state index contributed by atoms with van der Waals surface area (Å²) in [6, 6.07) is 14.9. The third kappa shape index (κ3) is 6.68. The molecule has 0 saturated carbocycles. The molecule has 0 fully saturated rings. The molecule has 0 spiro atoms. The first-order valence-electron chi connectivity index (χ1n) is 10.8. The lowest BCUT2D eigenvalue weighted by molar-refractivity contribution is 1.28. The lowest BCUT2D eigenvalue weighted by Gasteiger charge is -2.06. The van der Waals surface area contributed by atoms with Crippen molar-refractivity contribution in [3.8, 4) is 0 Å². The van der Waals surface area contributed by atoms with Gasteiger partial charge in [0, 0.05) is 28.6 Å². The van der Waals surface area contributed by atoms with Gasteiger partial charge in [-0.15, -0.1) is 0 Å². The Hall–Kier alpha value is -3.85. The highest BCUT2D eigenvalue weighted by Gasteiger charge is 2.06. The molecule has 5 rings (SSSR count). The van der Waals surface area contributed by atoms with Gasteiger partial charge in [0.25, 0.3) is 0 Å². The third-order valence-electron chi connectivity index (χ3n) is 5.38. The number of benzene rings is 3. The van der Waals surface area contributed by atoms with Crippen LogP contribution >= 0.6 is 34.8 Å². The monoisotopic (exact) mass is 558 g/mol. The molecule has 11 heteroatoms. The molecule has 2 aromatic heterocycles. The third-order valence-corrected chi connectivity index (χ3v) is 6.38. The lowest BCUT2D eigenvalue weighted by Crippen LogP contribution is -2.06. The van der Waals surface area contributed by atoms with Crippen molar-refractivity contribution in [2.45, 2.75) is 13.8 Å². The summed E-state index contributed by atoms with van der Waals surface area (Å²) >= 11 is 17.4. The number of rotatable bonds is 0. The number of nitrogen functional groups attached to an aromatic ring is 4. The molecule has 0 aliphatic carbocycles. The molecule has 0 unspecified atom stereocenters. The van der Waals surface area contributed by atoms with E-state index < -0.39 is 0 Å². The van der Waals surface area contributed by atoms with Crippen molar-refractivity contribution in [1.82, 2.24) is 9.97 Å². The van der Waals surface area contributed by atoms with Crippen molar-refractivity contribution in [1.29, 1.82) is 0 Å². The van der Waals surface area contributed by atoms with E-state index in [2.05, 4.69) is 9.97 Å². The minimum absolute atomic E-state index is 0.128. The number of aromatic amines is 2. The molecule has 0 radical (unpaired) electrons. The van der Waals surface area contributed by atoms with Crippen LogP contribution in [0.2, 0.25) is 15.1 Å². The Kier molecular flexibility index (Phi) is 8.60. The van der Waals surface area contributed by atoms with Crippen LogP contribution < -0.4 is 34.1 Å². The molecule has 0 aliphatic heterocycles. The average Bonchev–Trinajstić information content (AvgIpc) is 2.81. The first-order chi connectivity index (χ1) is 17.4. The van der Waals surface area contributed by atoms with Crippen LogP contribution in [0.5, 0.6) is 0 Å². The molecule has 8 nitrogen and oxygen atoms in total. The number of H-pyrrole nitrogens is 2. The van der Waals surface area contributed by atoms with E-state index in [1.165, 1.54) is 12.1 Å². The van der Waals surface area contributed by atoms with Crippen molar-refractivity contribution in [3.05, 3.63) is 101 Å². The zero-order valence-corrected chi connectivity index (χ0v) is 22.2. The molecule has 192 valence electrons. The van der Waals surface area contributed by atoms with E-state index in [9.17, 15) is 9.59 Å². The SMILES string of the molecule is Cc1cc(=O)[nH]c2cc(N)c(Cl)cc12.Cc1cc(=O)[nH]c2ccc(Cl)c(N)c12.Nc1ccc(Cl)c(N)c1. The molecule has 3 aromatic carbocycles. The Bertz CT molecular complexity index is 1720. The minimum atomic E-state index is -0.128. The summed E-state index contributed by atoms with van der Waals surface area (Å²) in [5.74, 6) is 0. The van der Waals surface area contributed by atoms with Gasteiger partial charge in [0.2, 0.25) is 11.1 Å². The van der Waals surface area contributed by atoms with Gasteiger partial charge in [-0.2, -0.15) is 0 Å². The first-order valence-corrected chi connectivity index (χ1v) is 12.0. The number of aryl methyl sites for hydroxylation is 2. The van der Waals surface area contributed by atoms with E-state index in [0.717, 1.165) is 32.9 Å². The molecule has 2 heterocycles. The topological polar surface area (TPSA) is 170 Å². The van der Waals surface area contributed by atoms with E-state index in [1.807, 2.05) is 13.8 Å². The minimum Gasteiger partial charge on any atom is -0.399 e. The summed E-state index contributed by atoms with van der Waals surface area (Å²) in [4.78, 5) is 27.8. The number of hydrogen-bond acceptors (Lipinski definition) is 6. The van der Waals surface area contributed by atoms with E-state index in [4.69, 9.17) is 57.7 Å². The Morgan fingerprint density at radius 1 is 0.622 bits per heavy atom. The molecule has 0 amide bonds. The van der Waals surface area contributed by atoms with Crippen LogP contribution in [-0.2, 0) is 0 Å². The maximum absolute atomic E-state index is 11.2. The average molecular weight is 560 g/mol. The Balaban J connectivity index is 0.000000159. The molecule has 0 atom stereocenters. The van der Waals surface area contributed by atoms with Gasteiger partial charge < -0.3 is 32.9 Å². The molecular weight excluding hydrogens is 535 g/mol. The summed E-state index contributed by atoms with van der Waals surface area (Å²) < 4.78 is 0. The van der Waals surface area contributed by atoms with Crippen molar-refractivity contribution in [2.24, 2.45) is 0 Å². The van der Waals surface area contributed by atoms with Crippen LogP contribution in [0.3, 0.4) is 0 Å². The summed E-state index contributed by atoms with van der Waals surface area (Å²) in [7, 11) is 0. The van der Waals surface area contributed by atoms with E-state index in [0.29, 0.717) is 37.8 Å². The molecule has 37 heavy (non-hydrogen) atoms. The highest BCUT2D eigenvalue weighted by molar-refractivity contribution is 6.35. The fourth-order valence-corrected chi connectivity index (χ4v) is 4.02. The van der Waals surface area contributed by atoms with Crippen LogP contribution in [0.15, 0.2) is 64.2 Å². The summed E-state index contributed by atoms with van der Waals surface area (Å²) in [5, 5.41) is 3.30. The van der Waals surface area contributed by atoms with Crippen molar-refractivity contribution >= 4 is 79.4 Å². The van der Waals surface area contributed by atoms with Crippen LogP contribution in [0.1, 0.15) is 11.1 Å². The largest absolute Gasteiger partial charge is 0.399 e. The zero-order chi connectivity index (χ0) is 27.4. The Morgan fingerprint density at radius 2 is 1.19 bits per heavy atom. The predicted molar refractivity (Wildman–Crippen MR) is 158 cm³/mol. The highest BCUT2D eigenvalue weighted by atomic mass is 35.5. The quantitative estimate of drug-likeness (QED) is 0.134. The molecular formula is C26H25Cl3N6O2. The number of anilines is 4. The summed E-state index contributed by atoms with van der Waals surface area (Å²) in [5.41, 5.74) is 27.3. The number of nitrogens with two attached hydrogens (primary N) is 4. The number of halogens is 3. The number of fused-ring (bicyclic) bond motifs is 2. The molecule has 0 aliphatic rings. The van der Waals surface area contributed by atoms with Crippen molar-refractivity contribution < 1.29 is 0 Å². The van der Waals surface area contributed by atoms with Crippen LogP contribution in [0.4, 0.5) is 22.7 Å². The van der Waals surface area contributed by atoms with Gasteiger partial charge in [-0.1, -0.05) is 34.8 Å². The molecule has 0 bridgehead atoms. The summed E-state index contributed by atoms with van der Waals surface area (Å²) in [6.45, 7) is 3.70. The van der Waals surface area contributed by atoms with Crippen LogP contribution in [-0.4, -0.2) is 9.97 Å². The molecule has 10 N–H and O–H groups in total. The first kappa shape index (κ1) is 27.7. The van der Waals surface area contributed by atoms with E-state index >= 15 is 0 Å². The predicted octanol–water partition coefficient (Wildman–Crippen LogP) is 5.65. The van der Waals surface area contributed by atoms with Crippen molar-refractivity contribution in [2.75, 3.05) is 22.9 Å². The van der Waals surface area contributed by atoms with E-state index in [-0.39, 0.29) is 11.1 Å². The maximum Gasteiger partial charge on any atom is 0.248 e. The number of aromatic nitrogens is 2. The number of pyridine rings is 2. The second-order valence-electron chi connectivity index (χ2n) is 8.22. The van der Waals surface area contributed by atoms with Crippen LogP contribution in [0.25, 0.3) is 21.8 Å². The van der Waals surface area contributed by atoms with Crippen LogP contribution in [0, 0.1) is 13.8 Å². The Morgan fingerprint density at radius 3 is 1.81 bits per heavy atom. The normalized spacial score (nSPS) is 10.4. The van der Waals surface area contributed by atoms with Gasteiger partial charge in [-0.3, -0.25) is 9.59 Å². The van der Waals surface area contributed by atoms with Gasteiger partial charge in [0.1, 0.15) is 0 Å². The second-order valence-corrected chi connectivity index (χ2v) is 9.44. The second kappa shape index (κ2) is 11.5. The lowest BCUT2D eigenvalue weighted by atomic mass is 10.1. The van der Waals surface area contributed by atoms with Gasteiger partial charge in [-0.05, 0) is 67.4 Å². The fourth-order valence-electron chi connectivity index (χ4n) is 3.59. The number of nitrogens with one attached hydrogen (secondary N) is 2. The maximum atomic E-state index is 11.2. The molecule has 0 saturated heterocycles. The highest BCUT2D eigenvalue weighted by Crippen LogP contribution is 2.29. The summed E-state index contributed by atoms with van der Waals surface area (Å²) in [6.07, 6.45) is 0. The van der Waals surface area contributed by atoms with Gasteiger partial charge in [-0.25, -0.2) is 0 Å². The standard InChI is InChI=1S/2C10H9ClN2O.C6H7ClN2/c1-5-2-10(14)13-9-4-8(12)7(11)3-6(5)9;1-5-4-8(14)13-7-3-2-6(11)10(12)9(5)7;7-5-2-1-4(8)3-6(5)9/h2*2-4H,12H2,1H3,(H,13,14);1-3H,8-9H2.